The number of nitrogens with one attached hydrogen (secondary N) is 1. The maximum atomic E-state index is 11.5. The second kappa shape index (κ2) is 10.0. The van der Waals surface area contributed by atoms with Gasteiger partial charge in [-0.3, -0.25) is 10.2 Å². The van der Waals surface area contributed by atoms with Crippen molar-refractivity contribution in [3.05, 3.63) is 69.6 Å². The molecule has 1 aromatic heterocycles. The van der Waals surface area contributed by atoms with E-state index in [0.717, 1.165) is 21.5 Å². The Morgan fingerprint density at radius 2 is 1.86 bits per heavy atom. The zero-order chi connectivity index (χ0) is 19.8. The lowest BCUT2D eigenvalue weighted by Gasteiger charge is -2.05. The van der Waals surface area contributed by atoms with Gasteiger partial charge >= 0.3 is 5.97 Å². The highest BCUT2D eigenvalue weighted by Crippen LogP contribution is 2.23. The lowest BCUT2D eigenvalue weighted by molar-refractivity contribution is -0.142. The summed E-state index contributed by atoms with van der Waals surface area (Å²) in [5, 5.41) is 6.60. The molecule has 0 radical (unpaired) electrons. The van der Waals surface area contributed by atoms with Crippen LogP contribution in [0.2, 0.25) is 0 Å². The van der Waals surface area contributed by atoms with E-state index >= 15 is 0 Å². The monoisotopic (exact) mass is 459 g/mol. The Hall–Kier alpha value is -2.71. The van der Waals surface area contributed by atoms with Crippen molar-refractivity contribution in [3.8, 4) is 11.5 Å². The minimum Gasteiger partial charge on any atom is -0.466 e. The first-order valence-corrected chi connectivity index (χ1v) is 10.2. The SMILES string of the molecule is CCOC(=O)Cc1csc(NN=Cc2ccc(Oc3ccc(Br)cc3)cc2)n1. The molecule has 0 bridgehead atoms. The number of rotatable bonds is 8. The number of aromatic nitrogens is 1. The highest BCUT2D eigenvalue weighted by Gasteiger charge is 2.07. The number of hydrazone groups is 1. The third-order valence-corrected chi connectivity index (χ3v) is 4.81. The van der Waals surface area contributed by atoms with Gasteiger partial charge in [-0.25, -0.2) is 4.98 Å². The van der Waals surface area contributed by atoms with Crippen molar-refractivity contribution in [1.82, 2.24) is 4.98 Å². The number of halogens is 1. The molecule has 0 aliphatic heterocycles. The minimum absolute atomic E-state index is 0.162. The van der Waals surface area contributed by atoms with Gasteiger partial charge in [0.2, 0.25) is 5.13 Å². The molecule has 0 saturated carbocycles. The van der Waals surface area contributed by atoms with Crippen LogP contribution in [-0.4, -0.2) is 23.8 Å². The van der Waals surface area contributed by atoms with Gasteiger partial charge in [0.15, 0.2) is 0 Å². The molecule has 0 aliphatic carbocycles. The first-order chi connectivity index (χ1) is 13.6. The number of hydrogen-bond donors (Lipinski definition) is 1. The molecular weight excluding hydrogens is 442 g/mol. The topological polar surface area (TPSA) is 72.8 Å². The van der Waals surface area contributed by atoms with Gasteiger partial charge in [0.25, 0.3) is 0 Å². The van der Waals surface area contributed by atoms with Crippen molar-refractivity contribution in [2.45, 2.75) is 13.3 Å². The number of benzene rings is 2. The molecule has 144 valence electrons. The van der Waals surface area contributed by atoms with Crippen LogP contribution in [0.4, 0.5) is 5.13 Å². The Bertz CT molecular complexity index is 940. The van der Waals surface area contributed by atoms with Gasteiger partial charge in [-0.2, -0.15) is 5.10 Å². The Morgan fingerprint density at radius 3 is 2.54 bits per heavy atom. The minimum atomic E-state index is -0.284. The molecule has 3 rings (SSSR count). The van der Waals surface area contributed by atoms with E-state index in [1.807, 2.05) is 53.9 Å². The summed E-state index contributed by atoms with van der Waals surface area (Å²) < 4.78 is 11.7. The molecule has 0 spiro atoms. The van der Waals surface area contributed by atoms with Crippen LogP contribution in [0.1, 0.15) is 18.2 Å². The highest BCUT2D eigenvalue weighted by molar-refractivity contribution is 9.10. The molecule has 0 amide bonds. The average molecular weight is 460 g/mol. The van der Waals surface area contributed by atoms with E-state index in [4.69, 9.17) is 9.47 Å². The van der Waals surface area contributed by atoms with E-state index in [1.165, 1.54) is 11.3 Å². The van der Waals surface area contributed by atoms with E-state index in [1.54, 1.807) is 13.1 Å². The molecule has 0 unspecified atom stereocenters. The standard InChI is InChI=1S/C20H18BrN3O3S/c1-2-26-19(25)11-16-13-28-20(23-16)24-22-12-14-3-7-17(8-4-14)27-18-9-5-15(21)6-10-18/h3-10,12-13H,2,11H2,1H3,(H,23,24). The van der Waals surface area contributed by atoms with Crippen LogP contribution < -0.4 is 10.2 Å². The van der Waals surface area contributed by atoms with Gasteiger partial charge in [0, 0.05) is 9.85 Å². The number of carbonyl (C=O) groups is 1. The van der Waals surface area contributed by atoms with E-state index in [2.05, 4.69) is 31.4 Å². The van der Waals surface area contributed by atoms with Crippen molar-refractivity contribution in [2.75, 3.05) is 12.0 Å². The van der Waals surface area contributed by atoms with Gasteiger partial charge < -0.3 is 9.47 Å². The van der Waals surface area contributed by atoms with Gasteiger partial charge in [0.1, 0.15) is 11.5 Å². The van der Waals surface area contributed by atoms with Crippen molar-refractivity contribution >= 4 is 44.6 Å². The van der Waals surface area contributed by atoms with E-state index < -0.39 is 0 Å². The summed E-state index contributed by atoms with van der Waals surface area (Å²) in [4.78, 5) is 15.8. The summed E-state index contributed by atoms with van der Waals surface area (Å²) in [7, 11) is 0. The van der Waals surface area contributed by atoms with Crippen LogP contribution in [0.5, 0.6) is 11.5 Å². The zero-order valence-electron chi connectivity index (χ0n) is 15.1. The smallest absolute Gasteiger partial charge is 0.311 e. The molecule has 8 heteroatoms. The second-order valence-electron chi connectivity index (χ2n) is 5.62. The maximum absolute atomic E-state index is 11.5. The Morgan fingerprint density at radius 1 is 1.18 bits per heavy atom. The predicted octanol–water partition coefficient (Wildman–Crippen LogP) is 5.25. The molecule has 0 aliphatic rings. The number of anilines is 1. The number of ether oxygens (including phenoxy) is 2. The molecule has 1 heterocycles. The molecule has 2 aromatic carbocycles. The average Bonchev–Trinajstić information content (AvgIpc) is 3.12. The quantitative estimate of drug-likeness (QED) is 0.283. The van der Waals surface area contributed by atoms with Crippen LogP contribution in [-0.2, 0) is 16.0 Å². The number of thiazole rings is 1. The lowest BCUT2D eigenvalue weighted by Crippen LogP contribution is -2.07. The Kier molecular flexibility index (Phi) is 7.16. The molecule has 0 saturated heterocycles. The summed E-state index contributed by atoms with van der Waals surface area (Å²) >= 11 is 4.78. The number of hydrogen-bond acceptors (Lipinski definition) is 7. The lowest BCUT2D eigenvalue weighted by atomic mass is 10.2. The van der Waals surface area contributed by atoms with Gasteiger partial charge in [-0.05, 0) is 61.0 Å². The third kappa shape index (κ3) is 6.17. The van der Waals surface area contributed by atoms with Crippen molar-refractivity contribution in [1.29, 1.82) is 0 Å². The summed E-state index contributed by atoms with van der Waals surface area (Å²) in [5.41, 5.74) is 4.45. The van der Waals surface area contributed by atoms with E-state index in [-0.39, 0.29) is 12.4 Å². The largest absolute Gasteiger partial charge is 0.466 e. The van der Waals surface area contributed by atoms with Crippen LogP contribution in [0.25, 0.3) is 0 Å². The fourth-order valence-corrected chi connectivity index (χ4v) is 3.15. The summed E-state index contributed by atoms with van der Waals surface area (Å²) in [5.74, 6) is 1.23. The zero-order valence-corrected chi connectivity index (χ0v) is 17.5. The maximum Gasteiger partial charge on any atom is 0.311 e. The van der Waals surface area contributed by atoms with Crippen molar-refractivity contribution < 1.29 is 14.3 Å². The van der Waals surface area contributed by atoms with E-state index in [0.29, 0.717) is 17.4 Å². The molecular formula is C20H18BrN3O3S. The number of nitrogens with zero attached hydrogens (tertiary/aromatic N) is 2. The summed E-state index contributed by atoms with van der Waals surface area (Å²) in [6, 6.07) is 15.2. The number of carbonyl (C=O) groups excluding carboxylic acids is 1. The molecule has 28 heavy (non-hydrogen) atoms. The van der Waals surface area contributed by atoms with Crippen LogP contribution in [0.3, 0.4) is 0 Å². The molecule has 0 fully saturated rings. The Balaban J connectivity index is 1.51. The first-order valence-electron chi connectivity index (χ1n) is 8.55. The second-order valence-corrected chi connectivity index (χ2v) is 7.39. The Labute approximate surface area is 175 Å². The van der Waals surface area contributed by atoms with Gasteiger partial charge in [-0.15, -0.1) is 11.3 Å². The fraction of sp³-hybridized carbons (Fsp3) is 0.150. The first kappa shape index (κ1) is 20.0. The van der Waals surface area contributed by atoms with Crippen LogP contribution in [0.15, 0.2) is 63.5 Å². The van der Waals surface area contributed by atoms with Crippen molar-refractivity contribution in [2.24, 2.45) is 5.10 Å². The van der Waals surface area contributed by atoms with Crippen LogP contribution in [0, 0.1) is 0 Å². The normalized spacial score (nSPS) is 10.8. The van der Waals surface area contributed by atoms with E-state index in [9.17, 15) is 4.79 Å². The summed E-state index contributed by atoms with van der Waals surface area (Å²) in [6.07, 6.45) is 1.85. The van der Waals surface area contributed by atoms with Crippen molar-refractivity contribution in [3.63, 3.8) is 0 Å². The molecule has 0 atom stereocenters. The third-order valence-electron chi connectivity index (χ3n) is 3.49. The summed E-state index contributed by atoms with van der Waals surface area (Å²) in [6.45, 7) is 2.14. The van der Waals surface area contributed by atoms with Gasteiger partial charge in [0.05, 0.1) is 24.9 Å². The van der Waals surface area contributed by atoms with Crippen LogP contribution >= 0.6 is 27.3 Å². The van der Waals surface area contributed by atoms with Gasteiger partial charge in [-0.1, -0.05) is 15.9 Å². The highest BCUT2D eigenvalue weighted by atomic mass is 79.9. The molecule has 1 N–H and O–H groups in total. The molecule has 3 aromatic rings. The molecule has 6 nitrogen and oxygen atoms in total. The number of esters is 1. The predicted molar refractivity (Wildman–Crippen MR) is 114 cm³/mol. The fourth-order valence-electron chi connectivity index (χ4n) is 2.22.